The Hall–Kier alpha value is -0.850. The van der Waals surface area contributed by atoms with Gasteiger partial charge in [-0.2, -0.15) is 4.31 Å². The summed E-state index contributed by atoms with van der Waals surface area (Å²) in [5.41, 5.74) is 0. The van der Waals surface area contributed by atoms with Crippen molar-refractivity contribution < 1.29 is 17.6 Å². The van der Waals surface area contributed by atoms with Crippen molar-refractivity contribution in [3.8, 4) is 0 Å². The van der Waals surface area contributed by atoms with Gasteiger partial charge in [0.25, 0.3) is 0 Å². The summed E-state index contributed by atoms with van der Waals surface area (Å²) < 4.78 is 35.9. The number of hydrogen-bond donors (Lipinski definition) is 0. The van der Waals surface area contributed by atoms with Crippen LogP contribution in [-0.4, -0.2) is 38.7 Å². The van der Waals surface area contributed by atoms with Gasteiger partial charge in [-0.1, -0.05) is 0 Å². The molecule has 1 aromatic rings. The van der Waals surface area contributed by atoms with Crippen LogP contribution < -0.4 is 0 Å². The molecule has 1 aliphatic rings. The Bertz CT molecular complexity index is 440. The largest absolute Gasteiger partial charge is 0.468 e. The summed E-state index contributed by atoms with van der Waals surface area (Å²) in [7, 11) is -1.75. The zero-order valence-corrected chi connectivity index (χ0v) is 10.6. The third-order valence-corrected chi connectivity index (χ3v) is 4.81. The molecule has 0 saturated carbocycles. The summed E-state index contributed by atoms with van der Waals surface area (Å²) in [6.45, 7) is 0.793. The number of methoxy groups -OCH3 is 1. The second-order valence-electron chi connectivity index (χ2n) is 4.09. The van der Waals surface area contributed by atoms with E-state index in [-0.39, 0.29) is 18.4 Å². The smallest absolute Gasteiger partial charge is 0.217 e. The normalized spacial score (nSPS) is 22.1. The van der Waals surface area contributed by atoms with Crippen molar-refractivity contribution in [2.75, 3.05) is 26.0 Å². The Balaban J connectivity index is 2.14. The van der Waals surface area contributed by atoms with E-state index in [1.807, 2.05) is 6.07 Å². The van der Waals surface area contributed by atoms with Gasteiger partial charge in [0.05, 0.1) is 24.7 Å². The third kappa shape index (κ3) is 2.70. The highest BCUT2D eigenvalue weighted by Gasteiger charge is 2.36. The second kappa shape index (κ2) is 5.20. The molecule has 0 spiro atoms. The molecule has 6 heteroatoms. The van der Waals surface area contributed by atoms with Gasteiger partial charge in [0, 0.05) is 13.7 Å². The van der Waals surface area contributed by atoms with Crippen LogP contribution >= 0.6 is 0 Å². The maximum atomic E-state index is 12.1. The Kier molecular flexibility index (Phi) is 3.86. The van der Waals surface area contributed by atoms with E-state index in [1.165, 1.54) is 11.4 Å². The molecule has 0 amide bonds. The van der Waals surface area contributed by atoms with Crippen LogP contribution in [0.4, 0.5) is 0 Å². The molecule has 5 nitrogen and oxygen atoms in total. The van der Waals surface area contributed by atoms with E-state index >= 15 is 0 Å². The lowest BCUT2D eigenvalue weighted by molar-refractivity contribution is 0.214. The first kappa shape index (κ1) is 12.6. The summed E-state index contributed by atoms with van der Waals surface area (Å²) in [5.74, 6) is 0.754. The van der Waals surface area contributed by atoms with E-state index in [4.69, 9.17) is 9.15 Å². The monoisotopic (exact) mass is 259 g/mol. The van der Waals surface area contributed by atoms with Crippen molar-refractivity contribution in [1.82, 2.24) is 4.31 Å². The van der Waals surface area contributed by atoms with E-state index in [9.17, 15) is 8.42 Å². The van der Waals surface area contributed by atoms with Crippen LogP contribution in [0.2, 0.25) is 0 Å². The third-order valence-electron chi connectivity index (χ3n) is 2.98. The summed E-state index contributed by atoms with van der Waals surface area (Å²) in [6.07, 6.45) is 3.27. The van der Waals surface area contributed by atoms with Crippen LogP contribution in [-0.2, 0) is 14.8 Å². The van der Waals surface area contributed by atoms with Crippen molar-refractivity contribution in [2.24, 2.45) is 0 Å². The van der Waals surface area contributed by atoms with Crippen molar-refractivity contribution in [1.29, 1.82) is 0 Å². The molecule has 17 heavy (non-hydrogen) atoms. The van der Waals surface area contributed by atoms with Gasteiger partial charge in [0.1, 0.15) is 5.76 Å². The molecule has 1 aliphatic heterocycles. The number of nitrogens with zero attached hydrogens (tertiary/aromatic N) is 1. The molecule has 2 heterocycles. The quantitative estimate of drug-likeness (QED) is 0.802. The first-order valence-corrected chi connectivity index (χ1v) is 7.28. The van der Waals surface area contributed by atoms with Gasteiger partial charge in [-0.15, -0.1) is 0 Å². The van der Waals surface area contributed by atoms with Crippen LogP contribution in [0.15, 0.2) is 22.8 Å². The SMILES string of the molecule is COCCS(=O)(=O)N1CCC[C@H]1c1ccco1. The molecule has 1 saturated heterocycles. The van der Waals surface area contributed by atoms with Gasteiger partial charge in [-0.05, 0) is 25.0 Å². The first-order valence-electron chi connectivity index (χ1n) is 5.67. The average molecular weight is 259 g/mol. The Morgan fingerprint density at radius 1 is 1.59 bits per heavy atom. The minimum atomic E-state index is -3.25. The Labute approximate surface area is 101 Å². The molecule has 0 unspecified atom stereocenters. The summed E-state index contributed by atoms with van der Waals surface area (Å²) in [5, 5.41) is 0. The molecular weight excluding hydrogens is 242 g/mol. The van der Waals surface area contributed by atoms with Gasteiger partial charge in [0.15, 0.2) is 0 Å². The molecule has 0 aliphatic carbocycles. The summed E-state index contributed by atoms with van der Waals surface area (Å²) >= 11 is 0. The van der Waals surface area contributed by atoms with E-state index in [1.54, 1.807) is 12.3 Å². The van der Waals surface area contributed by atoms with Crippen molar-refractivity contribution in [3.63, 3.8) is 0 Å². The predicted octanol–water partition coefficient (Wildman–Crippen LogP) is 1.39. The topological polar surface area (TPSA) is 59.8 Å². The highest BCUT2D eigenvalue weighted by atomic mass is 32.2. The number of ether oxygens (including phenoxy) is 1. The zero-order chi connectivity index (χ0) is 12.3. The molecule has 1 aromatic heterocycles. The van der Waals surface area contributed by atoms with E-state index in [0.29, 0.717) is 6.54 Å². The van der Waals surface area contributed by atoms with Crippen LogP contribution in [0.25, 0.3) is 0 Å². The fourth-order valence-corrected chi connectivity index (χ4v) is 3.76. The van der Waals surface area contributed by atoms with E-state index < -0.39 is 10.0 Å². The molecule has 1 fully saturated rings. The molecule has 0 radical (unpaired) electrons. The molecule has 0 N–H and O–H groups in total. The van der Waals surface area contributed by atoms with Crippen LogP contribution in [0.5, 0.6) is 0 Å². The van der Waals surface area contributed by atoms with Gasteiger partial charge in [0.2, 0.25) is 10.0 Å². The number of hydrogen-bond acceptors (Lipinski definition) is 4. The van der Waals surface area contributed by atoms with E-state index in [2.05, 4.69) is 0 Å². The molecule has 0 bridgehead atoms. The lowest BCUT2D eigenvalue weighted by Crippen LogP contribution is -2.33. The minimum absolute atomic E-state index is 0.0285. The minimum Gasteiger partial charge on any atom is -0.468 e. The maximum absolute atomic E-state index is 12.1. The van der Waals surface area contributed by atoms with Gasteiger partial charge >= 0.3 is 0 Å². The zero-order valence-electron chi connectivity index (χ0n) is 9.83. The molecule has 0 aromatic carbocycles. The fraction of sp³-hybridized carbons (Fsp3) is 0.636. The van der Waals surface area contributed by atoms with Crippen molar-refractivity contribution >= 4 is 10.0 Å². The van der Waals surface area contributed by atoms with Gasteiger partial charge in [-0.3, -0.25) is 0 Å². The fourth-order valence-electron chi connectivity index (χ4n) is 2.14. The van der Waals surface area contributed by atoms with Crippen LogP contribution in [0.1, 0.15) is 24.6 Å². The Morgan fingerprint density at radius 3 is 3.06 bits per heavy atom. The second-order valence-corrected chi connectivity index (χ2v) is 6.13. The van der Waals surface area contributed by atoms with E-state index in [0.717, 1.165) is 18.6 Å². The van der Waals surface area contributed by atoms with Crippen molar-refractivity contribution in [3.05, 3.63) is 24.2 Å². The average Bonchev–Trinajstić information content (AvgIpc) is 2.95. The molecular formula is C11H17NO4S. The summed E-state index contributed by atoms with van der Waals surface area (Å²) in [4.78, 5) is 0. The standard InChI is InChI=1S/C11H17NO4S/c1-15-8-9-17(13,14)12-6-2-4-10(12)11-5-3-7-16-11/h3,5,7,10H,2,4,6,8-9H2,1H3/t10-/m0/s1. The Morgan fingerprint density at radius 2 is 2.41 bits per heavy atom. The molecule has 1 atom stereocenters. The number of sulfonamides is 1. The number of furan rings is 1. The molecule has 96 valence electrons. The first-order chi connectivity index (χ1) is 8.15. The molecule has 2 rings (SSSR count). The lowest BCUT2D eigenvalue weighted by atomic mass is 10.2. The van der Waals surface area contributed by atoms with Gasteiger partial charge < -0.3 is 9.15 Å². The maximum Gasteiger partial charge on any atom is 0.217 e. The lowest BCUT2D eigenvalue weighted by Gasteiger charge is -2.22. The summed E-state index contributed by atoms with van der Waals surface area (Å²) in [6, 6.07) is 3.47. The van der Waals surface area contributed by atoms with Gasteiger partial charge in [-0.25, -0.2) is 8.42 Å². The van der Waals surface area contributed by atoms with Crippen LogP contribution in [0.3, 0.4) is 0 Å². The van der Waals surface area contributed by atoms with Crippen molar-refractivity contribution in [2.45, 2.75) is 18.9 Å². The number of rotatable bonds is 5. The van der Waals surface area contributed by atoms with Crippen LogP contribution in [0, 0.1) is 0 Å². The highest BCUT2D eigenvalue weighted by molar-refractivity contribution is 7.89. The highest BCUT2D eigenvalue weighted by Crippen LogP contribution is 2.34. The predicted molar refractivity (Wildman–Crippen MR) is 63.1 cm³/mol.